The van der Waals surface area contributed by atoms with Gasteiger partial charge in [0, 0.05) is 63.8 Å². The van der Waals surface area contributed by atoms with Gasteiger partial charge in [-0.25, -0.2) is 9.37 Å². The Bertz CT molecular complexity index is 1320. The Kier molecular flexibility index (Phi) is 9.63. The van der Waals surface area contributed by atoms with Gasteiger partial charge in [0.05, 0.1) is 54.4 Å². The van der Waals surface area contributed by atoms with Gasteiger partial charge in [0.1, 0.15) is 6.17 Å². The van der Waals surface area contributed by atoms with E-state index in [0.717, 1.165) is 71.4 Å². The van der Waals surface area contributed by atoms with E-state index in [9.17, 15) is 9.59 Å². The summed E-state index contributed by atoms with van der Waals surface area (Å²) in [4.78, 5) is 38.8. The summed E-state index contributed by atoms with van der Waals surface area (Å²) in [7, 11) is 2.17. The largest absolute Gasteiger partial charge is 0.374 e. The molecule has 7 aliphatic rings. The molecule has 11 atom stereocenters. The molecular formula is C36H54FN7O4. The number of alkyl halides is 1. The molecule has 1 aromatic rings. The fourth-order valence-corrected chi connectivity index (χ4v) is 10.3. The van der Waals surface area contributed by atoms with Gasteiger partial charge >= 0.3 is 0 Å². The number of nitrogens with zero attached hydrogens (tertiary/aromatic N) is 5. The van der Waals surface area contributed by atoms with Gasteiger partial charge in [-0.1, -0.05) is 12.8 Å². The van der Waals surface area contributed by atoms with E-state index in [4.69, 9.17) is 9.47 Å². The molecule has 48 heavy (non-hydrogen) atoms. The number of ether oxygens (including phenoxy) is 2. The Morgan fingerprint density at radius 3 is 2.65 bits per heavy atom. The number of rotatable bonds is 10. The van der Waals surface area contributed by atoms with Crippen LogP contribution in [0, 0.1) is 17.8 Å². The van der Waals surface area contributed by atoms with Crippen LogP contribution in [0.25, 0.3) is 0 Å². The van der Waals surface area contributed by atoms with Crippen molar-refractivity contribution in [2.75, 3.05) is 52.9 Å². The monoisotopic (exact) mass is 667 g/mol. The maximum atomic E-state index is 16.3. The molecule has 1 aromatic heterocycles. The van der Waals surface area contributed by atoms with Crippen LogP contribution < -0.4 is 10.6 Å². The van der Waals surface area contributed by atoms with Crippen LogP contribution in [0.4, 0.5) is 4.39 Å². The van der Waals surface area contributed by atoms with Crippen molar-refractivity contribution in [1.82, 2.24) is 34.9 Å². The number of halogens is 1. The van der Waals surface area contributed by atoms with Crippen LogP contribution in [0.15, 0.2) is 30.5 Å². The van der Waals surface area contributed by atoms with Crippen LogP contribution in [0.2, 0.25) is 0 Å². The summed E-state index contributed by atoms with van der Waals surface area (Å²) in [6.45, 7) is 7.19. The molecule has 1 amide bonds. The zero-order valence-electron chi connectivity index (χ0n) is 28.4. The standard InChI is InChI=1S/C36H54FN7O4/c1-41-14-16-42(17-15-41)11-4-8-39-32-27(37)18-25-33-35(32)48-31-19-24-23-6-2-3-7-29(23)47-30(24)20-28(31)44(33)21-26(34(25)45)36(46)40-9-5-12-43-13-10-38-22-43/h10,13,21-25,27-33,35,39H,2-9,11-12,14-20H2,1H3,(H,40,46). The second-order valence-corrected chi connectivity index (χ2v) is 15.6. The normalized spacial score (nSPS) is 39.6. The minimum absolute atomic E-state index is 0.00124. The molecule has 8 rings (SSSR count). The fourth-order valence-electron chi connectivity index (χ4n) is 10.3. The molecule has 2 N–H and O–H groups in total. The number of aryl methyl sites for hydroxylation is 1. The van der Waals surface area contributed by atoms with E-state index in [-0.39, 0.29) is 48.0 Å². The average molecular weight is 668 g/mol. The van der Waals surface area contributed by atoms with Crippen LogP contribution in [0.3, 0.4) is 0 Å². The number of likely N-dealkylation sites (N-methyl/N-ethyl adjacent to an activating group) is 1. The third kappa shape index (κ3) is 6.36. The van der Waals surface area contributed by atoms with Crippen molar-refractivity contribution in [3.63, 3.8) is 0 Å². The molecule has 3 saturated carbocycles. The number of hydrogen-bond acceptors (Lipinski definition) is 9. The van der Waals surface area contributed by atoms with Crippen LogP contribution >= 0.6 is 0 Å². The molecule has 11 nitrogen and oxygen atoms in total. The number of nitrogens with one attached hydrogen (secondary N) is 2. The van der Waals surface area contributed by atoms with E-state index in [2.05, 4.69) is 37.4 Å². The third-order valence-electron chi connectivity index (χ3n) is 12.8. The molecule has 3 saturated heterocycles. The average Bonchev–Trinajstić information content (AvgIpc) is 3.74. The molecule has 0 bridgehead atoms. The molecule has 264 valence electrons. The minimum Gasteiger partial charge on any atom is -0.374 e. The fraction of sp³-hybridized carbons (Fsp3) is 0.806. The molecule has 11 unspecified atom stereocenters. The van der Waals surface area contributed by atoms with Crippen molar-refractivity contribution in [3.8, 4) is 0 Å². The summed E-state index contributed by atoms with van der Waals surface area (Å²) >= 11 is 0. The van der Waals surface area contributed by atoms with Crippen LogP contribution in [0.1, 0.15) is 57.8 Å². The minimum atomic E-state index is -1.23. The number of carbonyl (C=O) groups excluding carboxylic acids is 2. The van der Waals surface area contributed by atoms with E-state index in [1.165, 1.54) is 19.3 Å². The molecule has 5 heterocycles. The summed E-state index contributed by atoms with van der Waals surface area (Å²) in [5, 5.41) is 6.57. The molecule has 12 heteroatoms. The first kappa shape index (κ1) is 32.8. The lowest BCUT2D eigenvalue weighted by atomic mass is 9.67. The first-order chi connectivity index (χ1) is 23.4. The van der Waals surface area contributed by atoms with Gasteiger partial charge in [-0.15, -0.1) is 0 Å². The van der Waals surface area contributed by atoms with Crippen molar-refractivity contribution < 1.29 is 23.5 Å². The lowest BCUT2D eigenvalue weighted by molar-refractivity contribution is -0.209. The number of carbonyl (C=O) groups is 2. The molecule has 0 radical (unpaired) electrons. The van der Waals surface area contributed by atoms with Gasteiger partial charge in [-0.3, -0.25) is 9.59 Å². The van der Waals surface area contributed by atoms with E-state index in [1.54, 1.807) is 12.5 Å². The molecule has 0 spiro atoms. The van der Waals surface area contributed by atoms with E-state index >= 15 is 4.39 Å². The van der Waals surface area contributed by atoms with E-state index in [1.807, 2.05) is 17.0 Å². The maximum absolute atomic E-state index is 16.3. The zero-order chi connectivity index (χ0) is 32.8. The molecule has 3 aliphatic carbocycles. The zero-order valence-corrected chi connectivity index (χ0v) is 28.4. The number of morpholine rings is 1. The number of amides is 1. The first-order valence-corrected chi connectivity index (χ1v) is 18.8. The lowest BCUT2D eigenvalue weighted by Crippen LogP contribution is -2.73. The highest BCUT2D eigenvalue weighted by Gasteiger charge is 2.61. The Balaban J connectivity index is 1.000. The number of imidazole rings is 1. The van der Waals surface area contributed by atoms with Gasteiger partial charge in [0.2, 0.25) is 0 Å². The number of hydrogen-bond donors (Lipinski definition) is 2. The van der Waals surface area contributed by atoms with Crippen molar-refractivity contribution in [3.05, 3.63) is 30.5 Å². The number of Topliss-reactive ketones (excluding diaryl/α,β-unsaturated/α-hetero) is 1. The van der Waals surface area contributed by atoms with Crippen molar-refractivity contribution >= 4 is 11.7 Å². The van der Waals surface area contributed by atoms with Gasteiger partial charge in [-0.2, -0.15) is 0 Å². The summed E-state index contributed by atoms with van der Waals surface area (Å²) in [6, 6.07) is -0.776. The Morgan fingerprint density at radius 1 is 0.979 bits per heavy atom. The molecule has 0 aromatic carbocycles. The number of piperazine rings is 1. The first-order valence-electron chi connectivity index (χ1n) is 18.8. The number of ketones is 1. The Labute approximate surface area is 283 Å². The Hall–Kier alpha value is -2.38. The van der Waals surface area contributed by atoms with Crippen LogP contribution in [-0.4, -0.2) is 138 Å². The number of aromatic nitrogens is 2. The van der Waals surface area contributed by atoms with E-state index < -0.39 is 24.2 Å². The van der Waals surface area contributed by atoms with Gasteiger partial charge in [-0.05, 0) is 76.9 Å². The van der Waals surface area contributed by atoms with Gasteiger partial charge in [0.25, 0.3) is 5.91 Å². The SMILES string of the molecule is CN1CCN(CCCNC2C(F)CC3C(=O)C(C(=O)NCCCn4ccnc4)=CN4C5CC6OC7CCCCC7C6CC5OC2C34)CC1. The van der Waals surface area contributed by atoms with Gasteiger partial charge < -0.3 is 39.4 Å². The van der Waals surface area contributed by atoms with Crippen molar-refractivity contribution in [2.24, 2.45) is 17.8 Å². The predicted molar refractivity (Wildman–Crippen MR) is 178 cm³/mol. The molecule has 4 aliphatic heterocycles. The summed E-state index contributed by atoms with van der Waals surface area (Å²) in [5.41, 5.74) is 0.159. The Morgan fingerprint density at radius 2 is 1.81 bits per heavy atom. The van der Waals surface area contributed by atoms with E-state index in [0.29, 0.717) is 31.0 Å². The second-order valence-electron chi connectivity index (χ2n) is 15.6. The van der Waals surface area contributed by atoms with Crippen molar-refractivity contribution in [1.29, 1.82) is 0 Å². The summed E-state index contributed by atoms with van der Waals surface area (Å²) < 4.78 is 32.0. The highest BCUT2D eigenvalue weighted by atomic mass is 19.1. The van der Waals surface area contributed by atoms with Crippen molar-refractivity contribution in [2.45, 2.75) is 113 Å². The highest BCUT2D eigenvalue weighted by Crippen LogP contribution is 2.52. The summed E-state index contributed by atoms with van der Waals surface area (Å²) in [6.07, 6.45) is 14.3. The lowest BCUT2D eigenvalue weighted by Gasteiger charge is -2.60. The van der Waals surface area contributed by atoms with Crippen LogP contribution in [-0.2, 0) is 25.6 Å². The number of fused-ring (bicyclic) bond motifs is 5. The molecule has 6 fully saturated rings. The molecular weight excluding hydrogens is 613 g/mol. The smallest absolute Gasteiger partial charge is 0.256 e. The topological polar surface area (TPSA) is 104 Å². The predicted octanol–water partition coefficient (Wildman–Crippen LogP) is 1.98. The highest BCUT2D eigenvalue weighted by molar-refractivity contribution is 6.20. The summed E-state index contributed by atoms with van der Waals surface area (Å²) in [5.74, 6) is -0.193. The maximum Gasteiger partial charge on any atom is 0.256 e. The third-order valence-corrected chi connectivity index (χ3v) is 12.8. The quantitative estimate of drug-likeness (QED) is 0.287. The van der Waals surface area contributed by atoms with Crippen LogP contribution in [0.5, 0.6) is 0 Å². The van der Waals surface area contributed by atoms with Gasteiger partial charge in [0.15, 0.2) is 5.78 Å². The second kappa shape index (κ2) is 14.1.